The predicted octanol–water partition coefficient (Wildman–Crippen LogP) is 0.949. The molecule has 0 radical (unpaired) electrons. The molecule has 4 rings (SSSR count). The molecule has 1 saturated heterocycles. The van der Waals surface area contributed by atoms with Gasteiger partial charge < -0.3 is 44.1 Å². The van der Waals surface area contributed by atoms with Gasteiger partial charge in [-0.1, -0.05) is 12.1 Å². The van der Waals surface area contributed by atoms with Gasteiger partial charge in [0.1, 0.15) is 53.5 Å². The zero-order valence-corrected chi connectivity index (χ0v) is 17.9. The first-order chi connectivity index (χ1) is 15.4. The lowest BCUT2D eigenvalue weighted by Crippen LogP contribution is -2.60. The Morgan fingerprint density at radius 1 is 0.938 bits per heavy atom. The minimum Gasteiger partial charge on any atom is -0.497 e. The maximum Gasteiger partial charge on any atom is 0.229 e. The second-order valence-corrected chi connectivity index (χ2v) is 7.84. The lowest BCUT2D eigenvalue weighted by Gasteiger charge is -2.40. The van der Waals surface area contributed by atoms with Crippen molar-refractivity contribution in [1.29, 1.82) is 0 Å². The van der Waals surface area contributed by atoms with Crippen LogP contribution in [0.15, 0.2) is 36.4 Å². The Kier molecular flexibility index (Phi) is 6.73. The van der Waals surface area contributed by atoms with E-state index in [9.17, 15) is 20.4 Å². The molecule has 0 aliphatic carbocycles. The smallest absolute Gasteiger partial charge is 0.229 e. The summed E-state index contributed by atoms with van der Waals surface area (Å²) in [6.07, 6.45) is -5.69. The van der Waals surface area contributed by atoms with Crippen LogP contribution < -0.4 is 18.9 Å². The fourth-order valence-electron chi connectivity index (χ4n) is 4.00. The van der Waals surface area contributed by atoms with Gasteiger partial charge in [-0.15, -0.1) is 0 Å². The number of aliphatic hydroxyl groups excluding tert-OH is 4. The highest BCUT2D eigenvalue weighted by molar-refractivity contribution is 5.52. The van der Waals surface area contributed by atoms with Crippen LogP contribution in [0.1, 0.15) is 23.7 Å². The standard InChI is InChI=1S/C23H28O9/c1-28-13-5-3-12(4-6-13)16-8-7-15-17(30-16)9-14(29-2)10-18(15)31-23-22(27)21(26)20(25)19(11-24)32-23/h3-6,9-10,16,19-27H,7-8,11H2,1-2H3. The minimum absolute atomic E-state index is 0.166. The number of hydrogen-bond acceptors (Lipinski definition) is 9. The normalized spacial score (nSPS) is 29.6. The maximum atomic E-state index is 10.3. The summed E-state index contributed by atoms with van der Waals surface area (Å²) in [4.78, 5) is 0. The van der Waals surface area contributed by atoms with E-state index in [1.54, 1.807) is 19.2 Å². The van der Waals surface area contributed by atoms with E-state index in [0.29, 0.717) is 30.1 Å². The van der Waals surface area contributed by atoms with Gasteiger partial charge in [-0.25, -0.2) is 0 Å². The summed E-state index contributed by atoms with van der Waals surface area (Å²) in [6, 6.07) is 11.1. The van der Waals surface area contributed by atoms with E-state index < -0.39 is 37.3 Å². The van der Waals surface area contributed by atoms with E-state index in [1.807, 2.05) is 24.3 Å². The zero-order valence-electron chi connectivity index (χ0n) is 17.9. The van der Waals surface area contributed by atoms with E-state index in [2.05, 4.69) is 0 Å². The highest BCUT2D eigenvalue weighted by Gasteiger charge is 2.45. The summed E-state index contributed by atoms with van der Waals surface area (Å²) in [6.45, 7) is -0.534. The number of hydrogen-bond donors (Lipinski definition) is 4. The van der Waals surface area contributed by atoms with E-state index in [4.69, 9.17) is 23.7 Å². The van der Waals surface area contributed by atoms with Crippen LogP contribution >= 0.6 is 0 Å². The van der Waals surface area contributed by atoms with Crippen molar-refractivity contribution in [2.75, 3.05) is 20.8 Å². The van der Waals surface area contributed by atoms with Crippen LogP contribution in [0.3, 0.4) is 0 Å². The summed E-state index contributed by atoms with van der Waals surface area (Å²) in [5.74, 6) is 2.20. The van der Waals surface area contributed by atoms with Crippen LogP contribution in [0.2, 0.25) is 0 Å². The molecule has 1 fully saturated rings. The fourth-order valence-corrected chi connectivity index (χ4v) is 4.00. The van der Waals surface area contributed by atoms with Gasteiger partial charge in [-0.3, -0.25) is 0 Å². The SMILES string of the molecule is COc1ccc(C2CCc3c(cc(OC)cc3OC3OC(CO)C(O)C(O)C3O)O2)cc1. The number of rotatable bonds is 6. The van der Waals surface area contributed by atoms with E-state index in [-0.39, 0.29) is 6.10 Å². The maximum absolute atomic E-state index is 10.3. The van der Waals surface area contributed by atoms with Crippen molar-refractivity contribution in [3.8, 4) is 23.0 Å². The number of aliphatic hydroxyl groups is 4. The first-order valence-electron chi connectivity index (χ1n) is 10.4. The Morgan fingerprint density at radius 3 is 2.31 bits per heavy atom. The second kappa shape index (κ2) is 9.51. The molecule has 9 heteroatoms. The molecule has 2 aromatic carbocycles. The molecule has 0 spiro atoms. The molecule has 0 bridgehead atoms. The Labute approximate surface area is 185 Å². The molecule has 9 nitrogen and oxygen atoms in total. The molecule has 0 saturated carbocycles. The van der Waals surface area contributed by atoms with Crippen LogP contribution in [-0.2, 0) is 11.2 Å². The van der Waals surface area contributed by atoms with Crippen LogP contribution in [0.4, 0.5) is 0 Å². The molecule has 6 atom stereocenters. The summed E-state index contributed by atoms with van der Waals surface area (Å²) >= 11 is 0. The lowest BCUT2D eigenvalue weighted by atomic mass is 9.96. The van der Waals surface area contributed by atoms with Gasteiger partial charge in [0.25, 0.3) is 0 Å². The molecular weight excluding hydrogens is 420 g/mol. The minimum atomic E-state index is -1.52. The predicted molar refractivity (Wildman–Crippen MR) is 112 cm³/mol. The van der Waals surface area contributed by atoms with Crippen LogP contribution in [0.5, 0.6) is 23.0 Å². The van der Waals surface area contributed by atoms with Crippen molar-refractivity contribution in [2.24, 2.45) is 0 Å². The lowest BCUT2D eigenvalue weighted by molar-refractivity contribution is -0.277. The van der Waals surface area contributed by atoms with Crippen molar-refractivity contribution < 1.29 is 44.1 Å². The van der Waals surface area contributed by atoms with E-state index >= 15 is 0 Å². The van der Waals surface area contributed by atoms with Gasteiger partial charge in [0, 0.05) is 17.7 Å². The Balaban J connectivity index is 1.58. The number of ether oxygens (including phenoxy) is 5. The van der Waals surface area contributed by atoms with Gasteiger partial charge in [0.05, 0.1) is 20.8 Å². The molecule has 6 unspecified atom stereocenters. The van der Waals surface area contributed by atoms with Crippen molar-refractivity contribution in [3.63, 3.8) is 0 Å². The molecule has 2 aromatic rings. The summed E-state index contributed by atoms with van der Waals surface area (Å²) in [5, 5.41) is 39.8. The van der Waals surface area contributed by atoms with Crippen molar-refractivity contribution in [3.05, 3.63) is 47.5 Å². The second-order valence-electron chi connectivity index (χ2n) is 7.84. The van der Waals surface area contributed by atoms with Crippen LogP contribution in [0, 0.1) is 0 Å². The monoisotopic (exact) mass is 448 g/mol. The first kappa shape index (κ1) is 22.6. The zero-order chi connectivity index (χ0) is 22.8. The highest BCUT2D eigenvalue weighted by Crippen LogP contribution is 2.43. The average Bonchev–Trinajstić information content (AvgIpc) is 2.83. The summed E-state index contributed by atoms with van der Waals surface area (Å²) in [5.41, 5.74) is 1.78. The summed E-state index contributed by atoms with van der Waals surface area (Å²) < 4.78 is 28.2. The molecule has 0 aromatic heterocycles. The molecule has 0 amide bonds. The van der Waals surface area contributed by atoms with Gasteiger partial charge in [0.2, 0.25) is 6.29 Å². The molecular formula is C23H28O9. The molecule has 32 heavy (non-hydrogen) atoms. The van der Waals surface area contributed by atoms with Gasteiger partial charge in [-0.2, -0.15) is 0 Å². The first-order valence-corrected chi connectivity index (χ1v) is 10.4. The Hall–Kier alpha value is -2.56. The molecule has 2 aliphatic heterocycles. The highest BCUT2D eigenvalue weighted by atomic mass is 16.7. The average molecular weight is 448 g/mol. The third kappa shape index (κ3) is 4.35. The fraction of sp³-hybridized carbons (Fsp3) is 0.478. The quantitative estimate of drug-likeness (QED) is 0.511. The van der Waals surface area contributed by atoms with E-state index in [1.165, 1.54) is 7.11 Å². The molecule has 4 N–H and O–H groups in total. The molecule has 174 valence electrons. The third-order valence-corrected chi connectivity index (χ3v) is 5.88. The number of fused-ring (bicyclic) bond motifs is 1. The van der Waals surface area contributed by atoms with Gasteiger partial charge in [0.15, 0.2) is 0 Å². The van der Waals surface area contributed by atoms with Crippen LogP contribution in [0.25, 0.3) is 0 Å². The van der Waals surface area contributed by atoms with Crippen molar-refractivity contribution in [2.45, 2.75) is 49.7 Å². The molecule has 2 heterocycles. The summed E-state index contributed by atoms with van der Waals surface area (Å²) in [7, 11) is 3.13. The van der Waals surface area contributed by atoms with Crippen molar-refractivity contribution in [1.82, 2.24) is 0 Å². The molecule has 2 aliphatic rings. The van der Waals surface area contributed by atoms with Crippen molar-refractivity contribution >= 4 is 0 Å². The third-order valence-electron chi connectivity index (χ3n) is 5.88. The number of benzene rings is 2. The Morgan fingerprint density at radius 2 is 1.66 bits per heavy atom. The van der Waals surface area contributed by atoms with Crippen LogP contribution in [-0.4, -0.2) is 72.0 Å². The van der Waals surface area contributed by atoms with E-state index in [0.717, 1.165) is 16.9 Å². The topological polar surface area (TPSA) is 127 Å². The van der Waals surface area contributed by atoms with Gasteiger partial charge >= 0.3 is 0 Å². The van der Waals surface area contributed by atoms with Gasteiger partial charge in [-0.05, 0) is 30.5 Å². The largest absolute Gasteiger partial charge is 0.497 e. The Bertz CT molecular complexity index is 914. The number of methoxy groups -OCH3 is 2.